The van der Waals surface area contributed by atoms with E-state index in [-0.39, 0.29) is 10.6 Å². The van der Waals surface area contributed by atoms with Crippen LogP contribution in [0, 0.1) is 10.1 Å². The fourth-order valence-corrected chi connectivity index (χ4v) is 3.19. The summed E-state index contributed by atoms with van der Waals surface area (Å²) in [6.07, 6.45) is 3.84. The summed E-state index contributed by atoms with van der Waals surface area (Å²) in [6.45, 7) is 4.53. The zero-order valence-corrected chi connectivity index (χ0v) is 14.9. The number of benzene rings is 2. The Labute approximate surface area is 153 Å². The van der Waals surface area contributed by atoms with Crippen molar-refractivity contribution in [2.45, 2.75) is 0 Å². The number of piperazine rings is 1. The Balaban J connectivity index is 1.56. The van der Waals surface area contributed by atoms with Crippen LogP contribution in [0.15, 0.2) is 54.6 Å². The number of anilines is 1. The smallest absolute Gasteiger partial charge is 0.276 e. The molecule has 6 nitrogen and oxygen atoms in total. The average Bonchev–Trinajstić information content (AvgIpc) is 2.69. The molecule has 0 amide bonds. The molecule has 2 aromatic rings. The molecule has 0 spiro atoms. The van der Waals surface area contributed by atoms with Crippen molar-refractivity contribution in [1.29, 1.82) is 0 Å². The summed E-state index contributed by atoms with van der Waals surface area (Å²) >= 11 is 0. The molecular weight excluding hydrogens is 330 g/mol. The van der Waals surface area contributed by atoms with E-state index >= 15 is 0 Å². The molecule has 3 rings (SSSR count). The summed E-state index contributed by atoms with van der Waals surface area (Å²) in [5, 5.41) is 11.1. The van der Waals surface area contributed by atoms with Gasteiger partial charge in [0.1, 0.15) is 5.75 Å². The largest absolute Gasteiger partial charge is 0.495 e. The van der Waals surface area contributed by atoms with Crippen molar-refractivity contribution in [3.05, 3.63) is 70.3 Å². The second-order valence-corrected chi connectivity index (χ2v) is 6.18. The third kappa shape index (κ3) is 4.21. The van der Waals surface area contributed by atoms with E-state index in [2.05, 4.69) is 15.9 Å². The first-order valence-electron chi connectivity index (χ1n) is 8.69. The molecule has 1 fully saturated rings. The number of hydrogen-bond acceptors (Lipinski definition) is 5. The lowest BCUT2D eigenvalue weighted by Gasteiger charge is -2.36. The van der Waals surface area contributed by atoms with Crippen molar-refractivity contribution in [2.24, 2.45) is 0 Å². The highest BCUT2D eigenvalue weighted by atomic mass is 16.6. The van der Waals surface area contributed by atoms with Crippen LogP contribution in [-0.4, -0.2) is 49.7 Å². The highest BCUT2D eigenvalue weighted by molar-refractivity contribution is 5.61. The molecule has 1 saturated heterocycles. The Morgan fingerprint density at radius 2 is 1.77 bits per heavy atom. The van der Waals surface area contributed by atoms with Crippen LogP contribution in [-0.2, 0) is 0 Å². The van der Waals surface area contributed by atoms with Gasteiger partial charge in [-0.1, -0.05) is 36.4 Å². The zero-order chi connectivity index (χ0) is 18.4. The predicted octanol–water partition coefficient (Wildman–Crippen LogP) is 3.44. The molecule has 0 aromatic heterocycles. The van der Waals surface area contributed by atoms with Crippen LogP contribution < -0.4 is 9.64 Å². The lowest BCUT2D eigenvalue weighted by atomic mass is 10.1. The van der Waals surface area contributed by atoms with E-state index in [9.17, 15) is 10.1 Å². The van der Waals surface area contributed by atoms with Crippen molar-refractivity contribution in [2.75, 3.05) is 44.7 Å². The van der Waals surface area contributed by atoms with E-state index < -0.39 is 0 Å². The van der Waals surface area contributed by atoms with Gasteiger partial charge in [-0.15, -0.1) is 0 Å². The maximum Gasteiger partial charge on any atom is 0.276 e. The molecule has 0 radical (unpaired) electrons. The van der Waals surface area contributed by atoms with Crippen molar-refractivity contribution in [3.63, 3.8) is 0 Å². The van der Waals surface area contributed by atoms with Gasteiger partial charge in [0.15, 0.2) is 0 Å². The van der Waals surface area contributed by atoms with Gasteiger partial charge in [0, 0.05) is 38.8 Å². The van der Waals surface area contributed by atoms with Crippen molar-refractivity contribution in [3.8, 4) is 5.75 Å². The van der Waals surface area contributed by atoms with Crippen LogP contribution in [0.2, 0.25) is 0 Å². The number of para-hydroxylation sites is 3. The number of nitro benzene ring substituents is 1. The fraction of sp³-hybridized carbons (Fsp3) is 0.300. The Kier molecular flexibility index (Phi) is 5.86. The van der Waals surface area contributed by atoms with E-state index in [0.717, 1.165) is 44.2 Å². The monoisotopic (exact) mass is 353 g/mol. The lowest BCUT2D eigenvalue weighted by molar-refractivity contribution is -0.385. The number of nitro groups is 1. The molecule has 2 aromatic carbocycles. The average molecular weight is 353 g/mol. The summed E-state index contributed by atoms with van der Waals surface area (Å²) in [7, 11) is 1.70. The van der Waals surface area contributed by atoms with E-state index in [1.807, 2.05) is 36.4 Å². The third-order valence-corrected chi connectivity index (χ3v) is 4.59. The van der Waals surface area contributed by atoms with Gasteiger partial charge in [-0.3, -0.25) is 15.0 Å². The molecule has 6 heteroatoms. The summed E-state index contributed by atoms with van der Waals surface area (Å²) < 4.78 is 5.45. The normalized spacial score (nSPS) is 15.3. The van der Waals surface area contributed by atoms with E-state index in [1.54, 1.807) is 19.2 Å². The van der Waals surface area contributed by atoms with Gasteiger partial charge in [-0.05, 0) is 18.2 Å². The molecule has 1 heterocycles. The molecule has 0 bridgehead atoms. The van der Waals surface area contributed by atoms with E-state index in [4.69, 9.17) is 4.74 Å². The number of nitrogens with zero attached hydrogens (tertiary/aromatic N) is 3. The van der Waals surface area contributed by atoms with Crippen LogP contribution in [0.4, 0.5) is 11.4 Å². The van der Waals surface area contributed by atoms with Crippen molar-refractivity contribution in [1.82, 2.24) is 4.90 Å². The minimum absolute atomic E-state index is 0.143. The molecule has 136 valence electrons. The first kappa shape index (κ1) is 17.9. The van der Waals surface area contributed by atoms with Crippen LogP contribution in [0.25, 0.3) is 6.08 Å². The molecule has 0 saturated carbocycles. The fourth-order valence-electron chi connectivity index (χ4n) is 3.19. The highest BCUT2D eigenvalue weighted by Gasteiger charge is 2.18. The molecule has 26 heavy (non-hydrogen) atoms. The number of rotatable bonds is 6. The summed E-state index contributed by atoms with van der Waals surface area (Å²) in [5.74, 6) is 0.900. The van der Waals surface area contributed by atoms with Gasteiger partial charge in [-0.2, -0.15) is 0 Å². The second-order valence-electron chi connectivity index (χ2n) is 6.18. The van der Waals surface area contributed by atoms with Crippen LogP contribution in [0.1, 0.15) is 5.56 Å². The topological polar surface area (TPSA) is 58.8 Å². The molecule has 1 aliphatic heterocycles. The Morgan fingerprint density at radius 1 is 1.08 bits per heavy atom. The van der Waals surface area contributed by atoms with Gasteiger partial charge in [-0.25, -0.2) is 0 Å². The number of hydrogen-bond donors (Lipinski definition) is 0. The minimum atomic E-state index is -0.342. The highest BCUT2D eigenvalue weighted by Crippen LogP contribution is 2.28. The van der Waals surface area contributed by atoms with Gasteiger partial charge in [0.05, 0.1) is 23.3 Å². The van der Waals surface area contributed by atoms with Crippen molar-refractivity contribution >= 4 is 17.5 Å². The maximum absolute atomic E-state index is 11.1. The van der Waals surface area contributed by atoms with Gasteiger partial charge < -0.3 is 9.64 Å². The lowest BCUT2D eigenvalue weighted by Crippen LogP contribution is -2.46. The van der Waals surface area contributed by atoms with Gasteiger partial charge >= 0.3 is 0 Å². The van der Waals surface area contributed by atoms with Crippen LogP contribution in [0.3, 0.4) is 0 Å². The zero-order valence-electron chi connectivity index (χ0n) is 14.9. The summed E-state index contributed by atoms with van der Waals surface area (Å²) in [5.41, 5.74) is 1.92. The first-order chi connectivity index (χ1) is 12.7. The van der Waals surface area contributed by atoms with Crippen LogP contribution in [0.5, 0.6) is 5.75 Å². The van der Waals surface area contributed by atoms with Crippen LogP contribution >= 0.6 is 0 Å². The van der Waals surface area contributed by atoms with Gasteiger partial charge in [0.25, 0.3) is 5.69 Å². The second kappa shape index (κ2) is 8.49. The standard InChI is InChI=1S/C20H23N3O3/c1-26-20-11-5-4-10-19(20)22-15-13-21(14-16-22)12-6-8-17-7-2-3-9-18(17)23(24)25/h2-11H,12-16H2,1H3. The molecule has 0 atom stereocenters. The Hall–Kier alpha value is -2.86. The predicted molar refractivity (Wildman–Crippen MR) is 104 cm³/mol. The third-order valence-electron chi connectivity index (χ3n) is 4.59. The summed E-state index contributed by atoms with van der Waals surface area (Å²) in [6, 6.07) is 14.9. The summed E-state index contributed by atoms with van der Waals surface area (Å²) in [4.78, 5) is 15.4. The number of methoxy groups -OCH3 is 1. The SMILES string of the molecule is COc1ccccc1N1CCN(CC=Cc2ccccc2[N+](=O)[O-])CC1. The number of ether oxygens (including phenoxy) is 1. The molecule has 0 aliphatic carbocycles. The molecular formula is C20H23N3O3. The van der Waals surface area contributed by atoms with E-state index in [0.29, 0.717) is 5.56 Å². The minimum Gasteiger partial charge on any atom is -0.495 e. The molecule has 0 N–H and O–H groups in total. The Morgan fingerprint density at radius 3 is 2.50 bits per heavy atom. The molecule has 1 aliphatic rings. The van der Waals surface area contributed by atoms with Gasteiger partial charge in [0.2, 0.25) is 0 Å². The quantitative estimate of drug-likeness (QED) is 0.588. The molecule has 0 unspecified atom stereocenters. The Bertz CT molecular complexity index is 783. The van der Waals surface area contributed by atoms with Crippen molar-refractivity contribution < 1.29 is 9.66 Å². The first-order valence-corrected chi connectivity index (χ1v) is 8.69. The maximum atomic E-state index is 11.1. The van der Waals surface area contributed by atoms with E-state index in [1.165, 1.54) is 6.07 Å².